The largest absolute Gasteiger partial charge is 0.490 e. The second kappa shape index (κ2) is 8.08. The molecule has 3 aromatic rings. The average molecular weight is 335 g/mol. The summed E-state index contributed by atoms with van der Waals surface area (Å²) in [6.07, 6.45) is 3.47. The monoisotopic (exact) mass is 335 g/mol. The molecule has 5 heteroatoms. The van der Waals surface area contributed by atoms with Crippen molar-refractivity contribution in [1.82, 2.24) is 4.98 Å². The molecule has 120 valence electrons. The van der Waals surface area contributed by atoms with Crippen LogP contribution in [0.2, 0.25) is 0 Å². The van der Waals surface area contributed by atoms with Crippen LogP contribution in [0.25, 0.3) is 11.3 Å². The standard InChI is InChI=1S/C19H17N3OS/c1-2-12-23-17-10-8-15(9-11-17)13-20-22-19-21-18(14-24-19)16-6-4-3-5-7-16/h2-11,13-14H,1,12H2,(H,21,22)/b20-13-. The molecule has 0 fully saturated rings. The number of hydrogen-bond acceptors (Lipinski definition) is 5. The van der Waals surface area contributed by atoms with Gasteiger partial charge < -0.3 is 4.74 Å². The second-order valence-corrected chi connectivity index (χ2v) is 5.80. The first-order valence-corrected chi connectivity index (χ1v) is 8.37. The van der Waals surface area contributed by atoms with Crippen LogP contribution in [-0.2, 0) is 0 Å². The van der Waals surface area contributed by atoms with E-state index in [1.54, 1.807) is 12.3 Å². The van der Waals surface area contributed by atoms with Crippen molar-refractivity contribution in [2.24, 2.45) is 5.10 Å². The first-order chi connectivity index (χ1) is 11.8. The molecule has 0 radical (unpaired) electrons. The van der Waals surface area contributed by atoms with Crippen LogP contribution in [0.4, 0.5) is 5.13 Å². The van der Waals surface area contributed by atoms with E-state index in [9.17, 15) is 0 Å². The number of ether oxygens (including phenoxy) is 1. The summed E-state index contributed by atoms with van der Waals surface area (Å²) in [6.45, 7) is 4.13. The summed E-state index contributed by atoms with van der Waals surface area (Å²) in [4.78, 5) is 4.52. The number of nitrogens with zero attached hydrogens (tertiary/aromatic N) is 2. The van der Waals surface area contributed by atoms with Crippen LogP contribution in [-0.4, -0.2) is 17.8 Å². The molecule has 1 N–H and O–H groups in total. The molecular formula is C19H17N3OS. The number of hydrazone groups is 1. The topological polar surface area (TPSA) is 46.5 Å². The summed E-state index contributed by atoms with van der Waals surface area (Å²) >= 11 is 1.53. The third-order valence-electron chi connectivity index (χ3n) is 3.20. The molecule has 4 nitrogen and oxygen atoms in total. The van der Waals surface area contributed by atoms with E-state index in [4.69, 9.17) is 4.74 Å². The molecule has 3 rings (SSSR count). The van der Waals surface area contributed by atoms with Gasteiger partial charge in [-0.05, 0) is 29.8 Å². The fraction of sp³-hybridized carbons (Fsp3) is 0.0526. The predicted octanol–water partition coefficient (Wildman–Crippen LogP) is 4.82. The SMILES string of the molecule is C=CCOc1ccc(/C=N\Nc2nc(-c3ccccc3)cs2)cc1. The van der Waals surface area contributed by atoms with Crippen molar-refractivity contribution in [2.75, 3.05) is 12.0 Å². The minimum absolute atomic E-state index is 0.503. The zero-order valence-electron chi connectivity index (χ0n) is 13.1. The van der Waals surface area contributed by atoms with Gasteiger partial charge in [0, 0.05) is 10.9 Å². The molecule has 0 saturated carbocycles. The zero-order chi connectivity index (χ0) is 16.6. The molecule has 24 heavy (non-hydrogen) atoms. The Morgan fingerprint density at radius 1 is 1.12 bits per heavy atom. The van der Waals surface area contributed by atoms with Crippen molar-refractivity contribution in [1.29, 1.82) is 0 Å². The highest BCUT2D eigenvalue weighted by atomic mass is 32.1. The van der Waals surface area contributed by atoms with E-state index >= 15 is 0 Å². The first kappa shape index (κ1) is 16.0. The molecule has 2 aromatic carbocycles. The van der Waals surface area contributed by atoms with Gasteiger partial charge in [0.05, 0.1) is 11.9 Å². The van der Waals surface area contributed by atoms with Gasteiger partial charge in [0.25, 0.3) is 0 Å². The van der Waals surface area contributed by atoms with Gasteiger partial charge in [-0.1, -0.05) is 43.0 Å². The Morgan fingerprint density at radius 2 is 1.92 bits per heavy atom. The van der Waals surface area contributed by atoms with Crippen LogP contribution < -0.4 is 10.2 Å². The van der Waals surface area contributed by atoms with Crippen molar-refractivity contribution >= 4 is 22.7 Å². The number of hydrogen-bond donors (Lipinski definition) is 1. The molecule has 0 atom stereocenters. The second-order valence-electron chi connectivity index (χ2n) is 4.94. The van der Waals surface area contributed by atoms with E-state index in [1.807, 2.05) is 60.0 Å². The number of thiazole rings is 1. The molecule has 1 heterocycles. The summed E-state index contributed by atoms with van der Waals surface area (Å²) in [7, 11) is 0. The van der Waals surface area contributed by atoms with Gasteiger partial charge in [-0.2, -0.15) is 5.10 Å². The van der Waals surface area contributed by atoms with Crippen LogP contribution in [0.15, 0.2) is 77.7 Å². The highest BCUT2D eigenvalue weighted by Gasteiger charge is 2.02. The fourth-order valence-corrected chi connectivity index (χ4v) is 2.70. The minimum atomic E-state index is 0.503. The van der Waals surface area contributed by atoms with Gasteiger partial charge in [0.2, 0.25) is 5.13 Å². The fourth-order valence-electron chi connectivity index (χ4n) is 2.03. The molecular weight excluding hydrogens is 318 g/mol. The van der Waals surface area contributed by atoms with Crippen LogP contribution >= 0.6 is 11.3 Å². The van der Waals surface area contributed by atoms with Crippen LogP contribution in [0.5, 0.6) is 5.75 Å². The van der Waals surface area contributed by atoms with Gasteiger partial charge in [-0.25, -0.2) is 4.98 Å². The maximum absolute atomic E-state index is 5.44. The Hall–Kier alpha value is -2.92. The smallest absolute Gasteiger partial charge is 0.203 e. The van der Waals surface area contributed by atoms with Crippen molar-refractivity contribution in [3.8, 4) is 17.0 Å². The average Bonchev–Trinajstić information content (AvgIpc) is 3.11. The molecule has 0 aliphatic rings. The lowest BCUT2D eigenvalue weighted by molar-refractivity contribution is 0.363. The summed E-state index contributed by atoms with van der Waals surface area (Å²) in [6, 6.07) is 17.8. The maximum atomic E-state index is 5.44. The number of rotatable bonds is 7. The summed E-state index contributed by atoms with van der Waals surface area (Å²) < 4.78 is 5.44. The molecule has 0 unspecified atom stereocenters. The van der Waals surface area contributed by atoms with Crippen LogP contribution in [0.3, 0.4) is 0 Å². The lowest BCUT2D eigenvalue weighted by atomic mass is 10.2. The third kappa shape index (κ3) is 4.30. The van der Waals surface area contributed by atoms with Crippen molar-refractivity contribution in [3.05, 3.63) is 78.2 Å². The zero-order valence-corrected chi connectivity index (χ0v) is 13.9. The normalized spacial score (nSPS) is 10.7. The summed E-state index contributed by atoms with van der Waals surface area (Å²) in [5.74, 6) is 0.812. The Labute approximate surface area is 145 Å². The van der Waals surface area contributed by atoms with E-state index in [1.165, 1.54) is 11.3 Å². The molecule has 0 spiro atoms. The van der Waals surface area contributed by atoms with Gasteiger partial charge in [-0.3, -0.25) is 5.43 Å². The molecule has 0 aliphatic carbocycles. The molecule has 1 aromatic heterocycles. The number of benzene rings is 2. The van der Waals surface area contributed by atoms with E-state index in [-0.39, 0.29) is 0 Å². The van der Waals surface area contributed by atoms with Crippen molar-refractivity contribution in [2.45, 2.75) is 0 Å². The van der Waals surface area contributed by atoms with Gasteiger partial charge in [0.15, 0.2) is 0 Å². The van der Waals surface area contributed by atoms with Crippen molar-refractivity contribution in [3.63, 3.8) is 0 Å². The summed E-state index contributed by atoms with van der Waals surface area (Å²) in [5, 5.41) is 7.00. The lowest BCUT2D eigenvalue weighted by Gasteiger charge is -2.02. The number of nitrogens with one attached hydrogen (secondary N) is 1. The minimum Gasteiger partial charge on any atom is -0.490 e. The van der Waals surface area contributed by atoms with E-state index in [2.05, 4.69) is 22.1 Å². The van der Waals surface area contributed by atoms with Gasteiger partial charge in [-0.15, -0.1) is 11.3 Å². The summed E-state index contributed by atoms with van der Waals surface area (Å²) in [5.41, 5.74) is 5.99. The van der Waals surface area contributed by atoms with E-state index < -0.39 is 0 Å². The van der Waals surface area contributed by atoms with Crippen molar-refractivity contribution < 1.29 is 4.74 Å². The van der Waals surface area contributed by atoms with Gasteiger partial charge >= 0.3 is 0 Å². The first-order valence-electron chi connectivity index (χ1n) is 7.49. The molecule has 0 aliphatic heterocycles. The quantitative estimate of drug-likeness (QED) is 0.382. The number of aromatic nitrogens is 1. The van der Waals surface area contributed by atoms with Crippen LogP contribution in [0.1, 0.15) is 5.56 Å². The Balaban J connectivity index is 1.58. The molecule has 0 saturated heterocycles. The van der Waals surface area contributed by atoms with Gasteiger partial charge in [0.1, 0.15) is 12.4 Å². The lowest BCUT2D eigenvalue weighted by Crippen LogP contribution is -1.93. The van der Waals surface area contributed by atoms with Crippen LogP contribution in [0, 0.1) is 0 Å². The molecule has 0 bridgehead atoms. The maximum Gasteiger partial charge on any atom is 0.203 e. The Bertz CT molecular complexity index is 810. The third-order valence-corrected chi connectivity index (χ3v) is 3.94. The molecule has 0 amide bonds. The predicted molar refractivity (Wildman–Crippen MR) is 101 cm³/mol. The highest BCUT2D eigenvalue weighted by Crippen LogP contribution is 2.24. The highest BCUT2D eigenvalue weighted by molar-refractivity contribution is 7.14. The number of anilines is 1. The Morgan fingerprint density at radius 3 is 2.67 bits per heavy atom. The van der Waals surface area contributed by atoms with E-state index in [0.717, 1.165) is 27.7 Å². The van der Waals surface area contributed by atoms with E-state index in [0.29, 0.717) is 6.61 Å². The Kier molecular flexibility index (Phi) is 5.37.